The first-order valence-electron chi connectivity index (χ1n) is 4.42. The maximum absolute atomic E-state index is 11.7. The first kappa shape index (κ1) is 8.69. The predicted molar refractivity (Wildman–Crippen MR) is 56.2 cm³/mol. The lowest BCUT2D eigenvalue weighted by Crippen LogP contribution is -2.20. The summed E-state index contributed by atoms with van der Waals surface area (Å²) in [5.74, 6) is -0.0706. The number of anilines is 1. The normalized spacial score (nSPS) is 18.2. The highest BCUT2D eigenvalue weighted by Crippen LogP contribution is 2.19. The van der Waals surface area contributed by atoms with Gasteiger partial charge in [0.1, 0.15) is 0 Å². The number of hydrazone groups is 1. The summed E-state index contributed by atoms with van der Waals surface area (Å²) in [6.45, 7) is 1.83. The Hall–Kier alpha value is -1.90. The van der Waals surface area contributed by atoms with E-state index in [1.807, 2.05) is 37.3 Å². The minimum atomic E-state index is -0.0706. The standard InChI is InChI=1S/C11H10N2O/c1-2-9-8-12-13(11(9)14)10-6-4-3-5-7-10/h2-8H,1H3. The van der Waals surface area contributed by atoms with E-state index in [1.165, 1.54) is 5.01 Å². The van der Waals surface area contributed by atoms with Gasteiger partial charge in [0.15, 0.2) is 0 Å². The van der Waals surface area contributed by atoms with Crippen LogP contribution in [-0.2, 0) is 4.79 Å². The Morgan fingerprint density at radius 1 is 1.29 bits per heavy atom. The number of allylic oxidation sites excluding steroid dienone is 1. The van der Waals surface area contributed by atoms with E-state index in [-0.39, 0.29) is 5.91 Å². The van der Waals surface area contributed by atoms with Crippen LogP contribution in [0.1, 0.15) is 6.92 Å². The van der Waals surface area contributed by atoms with Crippen LogP contribution < -0.4 is 5.01 Å². The summed E-state index contributed by atoms with van der Waals surface area (Å²) >= 11 is 0. The maximum Gasteiger partial charge on any atom is 0.279 e. The van der Waals surface area contributed by atoms with Gasteiger partial charge in [0, 0.05) is 0 Å². The van der Waals surface area contributed by atoms with Crippen molar-refractivity contribution in [1.29, 1.82) is 0 Å². The van der Waals surface area contributed by atoms with E-state index in [0.29, 0.717) is 5.57 Å². The van der Waals surface area contributed by atoms with Crippen LogP contribution in [0.15, 0.2) is 47.1 Å². The monoisotopic (exact) mass is 186 g/mol. The average molecular weight is 186 g/mol. The van der Waals surface area contributed by atoms with Gasteiger partial charge >= 0.3 is 0 Å². The SMILES string of the molecule is CC=C1C=NN(c2ccccc2)C1=O. The zero-order chi connectivity index (χ0) is 9.97. The van der Waals surface area contributed by atoms with Gasteiger partial charge in [-0.25, -0.2) is 0 Å². The molecule has 1 aliphatic rings. The molecule has 70 valence electrons. The summed E-state index contributed by atoms with van der Waals surface area (Å²) in [5.41, 5.74) is 1.43. The molecule has 3 heteroatoms. The van der Waals surface area contributed by atoms with Gasteiger partial charge in [0.25, 0.3) is 5.91 Å². The minimum absolute atomic E-state index is 0.0706. The van der Waals surface area contributed by atoms with Gasteiger partial charge in [0.05, 0.1) is 17.5 Å². The summed E-state index contributed by atoms with van der Waals surface area (Å²) in [7, 11) is 0. The molecule has 0 spiro atoms. The molecule has 1 heterocycles. The van der Waals surface area contributed by atoms with Crippen molar-refractivity contribution in [3.05, 3.63) is 42.0 Å². The summed E-state index contributed by atoms with van der Waals surface area (Å²) in [4.78, 5) is 11.7. The Morgan fingerprint density at radius 2 is 2.00 bits per heavy atom. The van der Waals surface area contributed by atoms with E-state index < -0.39 is 0 Å². The van der Waals surface area contributed by atoms with E-state index in [1.54, 1.807) is 12.3 Å². The van der Waals surface area contributed by atoms with Gasteiger partial charge in [-0.05, 0) is 19.1 Å². The number of hydrogen-bond acceptors (Lipinski definition) is 2. The highest BCUT2D eigenvalue weighted by atomic mass is 16.2. The third-order valence-corrected chi connectivity index (χ3v) is 2.06. The molecule has 0 saturated heterocycles. The van der Waals surface area contributed by atoms with E-state index in [2.05, 4.69) is 5.10 Å². The molecule has 1 aliphatic heterocycles. The Kier molecular flexibility index (Phi) is 2.14. The molecule has 3 nitrogen and oxygen atoms in total. The van der Waals surface area contributed by atoms with E-state index in [0.717, 1.165) is 5.69 Å². The number of rotatable bonds is 1. The van der Waals surface area contributed by atoms with Crippen molar-refractivity contribution in [2.75, 3.05) is 5.01 Å². The number of carbonyl (C=O) groups excluding carboxylic acids is 1. The van der Waals surface area contributed by atoms with Gasteiger partial charge < -0.3 is 0 Å². The van der Waals surface area contributed by atoms with E-state index >= 15 is 0 Å². The predicted octanol–water partition coefficient (Wildman–Crippen LogP) is 1.97. The fraction of sp³-hybridized carbons (Fsp3) is 0.0909. The van der Waals surface area contributed by atoms with Crippen LogP contribution >= 0.6 is 0 Å². The molecule has 0 radical (unpaired) electrons. The third-order valence-electron chi connectivity index (χ3n) is 2.06. The number of hydrogen-bond donors (Lipinski definition) is 0. The van der Waals surface area contributed by atoms with Crippen LogP contribution in [0.5, 0.6) is 0 Å². The van der Waals surface area contributed by atoms with Crippen LogP contribution in [0.25, 0.3) is 0 Å². The third kappa shape index (κ3) is 1.33. The fourth-order valence-electron chi connectivity index (χ4n) is 1.30. The molecule has 0 N–H and O–H groups in total. The summed E-state index contributed by atoms with van der Waals surface area (Å²) in [6.07, 6.45) is 3.34. The number of benzene rings is 1. The fourth-order valence-corrected chi connectivity index (χ4v) is 1.30. The highest BCUT2D eigenvalue weighted by molar-refractivity contribution is 6.22. The number of nitrogens with zero attached hydrogens (tertiary/aromatic N) is 2. The molecule has 1 aromatic rings. The lowest BCUT2D eigenvalue weighted by atomic mass is 10.2. The Labute approximate surface area is 82.3 Å². The van der Waals surface area contributed by atoms with E-state index in [9.17, 15) is 4.79 Å². The first-order chi connectivity index (χ1) is 6.83. The molecule has 1 amide bonds. The second-order valence-electron chi connectivity index (χ2n) is 2.94. The molecule has 0 bridgehead atoms. The van der Waals surface area contributed by atoms with Crippen molar-refractivity contribution in [3.8, 4) is 0 Å². The molecule has 0 saturated carbocycles. The van der Waals surface area contributed by atoms with Crippen LogP contribution in [-0.4, -0.2) is 12.1 Å². The molecule has 0 aromatic heterocycles. The van der Waals surface area contributed by atoms with Crippen molar-refractivity contribution in [2.24, 2.45) is 5.10 Å². The zero-order valence-electron chi connectivity index (χ0n) is 7.84. The van der Waals surface area contributed by atoms with Crippen molar-refractivity contribution in [1.82, 2.24) is 0 Å². The van der Waals surface area contributed by atoms with Crippen molar-refractivity contribution < 1.29 is 4.79 Å². The summed E-state index contributed by atoms with van der Waals surface area (Å²) in [5, 5.41) is 5.43. The lowest BCUT2D eigenvalue weighted by molar-refractivity contribution is -0.114. The molecule has 0 aliphatic carbocycles. The quantitative estimate of drug-likeness (QED) is 0.617. The maximum atomic E-state index is 11.7. The molecule has 2 rings (SSSR count). The van der Waals surface area contributed by atoms with E-state index in [4.69, 9.17) is 0 Å². The molecule has 0 unspecified atom stereocenters. The number of amides is 1. The van der Waals surface area contributed by atoms with Crippen LogP contribution in [0.3, 0.4) is 0 Å². The zero-order valence-corrected chi connectivity index (χ0v) is 7.84. The van der Waals surface area contributed by atoms with Gasteiger partial charge in [-0.1, -0.05) is 24.3 Å². The topological polar surface area (TPSA) is 32.7 Å². The lowest BCUT2D eigenvalue weighted by Gasteiger charge is -2.10. The average Bonchev–Trinajstić information content (AvgIpc) is 2.61. The minimum Gasteiger partial charge on any atom is -0.267 e. The second-order valence-corrected chi connectivity index (χ2v) is 2.94. The number of para-hydroxylation sites is 1. The molecular weight excluding hydrogens is 176 g/mol. The Balaban J connectivity index is 2.32. The van der Waals surface area contributed by atoms with Crippen LogP contribution in [0, 0.1) is 0 Å². The molecule has 0 atom stereocenters. The van der Waals surface area contributed by atoms with Gasteiger partial charge in [-0.3, -0.25) is 4.79 Å². The van der Waals surface area contributed by atoms with Crippen molar-refractivity contribution in [2.45, 2.75) is 6.92 Å². The summed E-state index contributed by atoms with van der Waals surface area (Å²) < 4.78 is 0. The van der Waals surface area contributed by atoms with Gasteiger partial charge in [-0.15, -0.1) is 0 Å². The van der Waals surface area contributed by atoms with Crippen LogP contribution in [0.4, 0.5) is 5.69 Å². The molecule has 14 heavy (non-hydrogen) atoms. The second kappa shape index (κ2) is 3.46. The highest BCUT2D eigenvalue weighted by Gasteiger charge is 2.22. The van der Waals surface area contributed by atoms with Crippen molar-refractivity contribution >= 4 is 17.8 Å². The Morgan fingerprint density at radius 3 is 2.57 bits per heavy atom. The smallest absolute Gasteiger partial charge is 0.267 e. The molecule has 0 fully saturated rings. The Bertz CT molecular complexity index is 407. The number of carbonyl (C=O) groups is 1. The largest absolute Gasteiger partial charge is 0.279 e. The molecular formula is C11H10N2O. The first-order valence-corrected chi connectivity index (χ1v) is 4.42. The van der Waals surface area contributed by atoms with Crippen molar-refractivity contribution in [3.63, 3.8) is 0 Å². The molecule has 1 aromatic carbocycles. The van der Waals surface area contributed by atoms with Crippen LogP contribution in [0.2, 0.25) is 0 Å². The van der Waals surface area contributed by atoms with Gasteiger partial charge in [-0.2, -0.15) is 10.1 Å². The van der Waals surface area contributed by atoms with Gasteiger partial charge in [0.2, 0.25) is 0 Å². The summed E-state index contributed by atoms with van der Waals surface area (Å²) in [6, 6.07) is 9.38.